The van der Waals surface area contributed by atoms with Crippen LogP contribution in [0.4, 0.5) is 5.69 Å². The number of rotatable bonds is 3. The molecule has 1 N–H and O–H groups in total. The lowest BCUT2D eigenvalue weighted by molar-refractivity contribution is -0.119. The number of nitrogens with one attached hydrogen (secondary N) is 1. The van der Waals surface area contributed by atoms with Crippen molar-refractivity contribution in [2.24, 2.45) is 5.92 Å². The summed E-state index contributed by atoms with van der Waals surface area (Å²) in [5.74, 6) is 1.27. The smallest absolute Gasteiger partial charge is 0.228 e. The number of hydrogen-bond donors (Lipinski definition) is 1. The SMILES string of the molecule is O=C(Nc1ccc(-c2nnc3n2CCCCC3)cc1)C1CCS(=O)(=O)C1. The fourth-order valence-corrected chi connectivity index (χ4v) is 5.39. The highest BCUT2D eigenvalue weighted by molar-refractivity contribution is 7.91. The summed E-state index contributed by atoms with van der Waals surface area (Å²) in [6.07, 6.45) is 4.87. The van der Waals surface area contributed by atoms with E-state index in [1.807, 2.05) is 24.3 Å². The molecule has 1 fully saturated rings. The zero-order valence-electron chi connectivity index (χ0n) is 14.5. The van der Waals surface area contributed by atoms with Crippen LogP contribution in [0.25, 0.3) is 11.4 Å². The highest BCUT2D eigenvalue weighted by Crippen LogP contribution is 2.25. The molecule has 2 aromatic rings. The number of carbonyl (C=O) groups excluding carboxylic acids is 1. The van der Waals surface area contributed by atoms with Crippen LogP contribution >= 0.6 is 0 Å². The molecule has 2 aliphatic rings. The van der Waals surface area contributed by atoms with E-state index in [0.29, 0.717) is 12.1 Å². The molecule has 26 heavy (non-hydrogen) atoms. The van der Waals surface area contributed by atoms with Crippen LogP contribution in [0.1, 0.15) is 31.5 Å². The first-order valence-electron chi connectivity index (χ1n) is 9.06. The molecule has 0 aliphatic carbocycles. The van der Waals surface area contributed by atoms with Crippen LogP contribution in [0.3, 0.4) is 0 Å². The van der Waals surface area contributed by atoms with E-state index in [4.69, 9.17) is 0 Å². The molecule has 2 aliphatic heterocycles. The number of nitrogens with zero attached hydrogens (tertiary/aromatic N) is 3. The van der Waals surface area contributed by atoms with Crippen LogP contribution < -0.4 is 5.32 Å². The highest BCUT2D eigenvalue weighted by Gasteiger charge is 2.32. The molecular formula is C18H22N4O3S. The van der Waals surface area contributed by atoms with Crippen molar-refractivity contribution in [2.45, 2.75) is 38.6 Å². The van der Waals surface area contributed by atoms with Crippen molar-refractivity contribution in [1.29, 1.82) is 0 Å². The van der Waals surface area contributed by atoms with Gasteiger partial charge >= 0.3 is 0 Å². The van der Waals surface area contributed by atoms with E-state index in [9.17, 15) is 13.2 Å². The van der Waals surface area contributed by atoms with Gasteiger partial charge < -0.3 is 9.88 Å². The molecule has 1 aromatic heterocycles. The number of anilines is 1. The minimum absolute atomic E-state index is 0.0528. The maximum Gasteiger partial charge on any atom is 0.228 e. The van der Waals surface area contributed by atoms with E-state index < -0.39 is 15.8 Å². The Kier molecular flexibility index (Phi) is 4.52. The molecule has 7 nitrogen and oxygen atoms in total. The molecule has 1 atom stereocenters. The third kappa shape index (κ3) is 3.51. The molecule has 0 radical (unpaired) electrons. The zero-order chi connectivity index (χ0) is 18.1. The summed E-state index contributed by atoms with van der Waals surface area (Å²) in [5.41, 5.74) is 1.63. The van der Waals surface area contributed by atoms with E-state index >= 15 is 0 Å². The Morgan fingerprint density at radius 2 is 1.92 bits per heavy atom. The van der Waals surface area contributed by atoms with Gasteiger partial charge in [-0.25, -0.2) is 8.42 Å². The van der Waals surface area contributed by atoms with Gasteiger partial charge in [0.15, 0.2) is 15.7 Å². The predicted octanol–water partition coefficient (Wildman–Crippen LogP) is 2.04. The van der Waals surface area contributed by atoms with Crippen molar-refractivity contribution >= 4 is 21.4 Å². The van der Waals surface area contributed by atoms with E-state index in [-0.39, 0.29) is 17.4 Å². The first-order chi connectivity index (χ1) is 12.5. The van der Waals surface area contributed by atoms with Gasteiger partial charge in [-0.05, 0) is 43.5 Å². The molecule has 1 amide bonds. The average Bonchev–Trinajstić information content (AvgIpc) is 3.11. The van der Waals surface area contributed by atoms with Gasteiger partial charge in [-0.2, -0.15) is 0 Å². The van der Waals surface area contributed by atoms with Crippen LogP contribution in [-0.2, 0) is 27.6 Å². The summed E-state index contributed by atoms with van der Waals surface area (Å²) in [6, 6.07) is 7.50. The van der Waals surface area contributed by atoms with Gasteiger partial charge in [-0.3, -0.25) is 4.79 Å². The van der Waals surface area contributed by atoms with Crippen LogP contribution in [0.5, 0.6) is 0 Å². The number of fused-ring (bicyclic) bond motifs is 1. The van der Waals surface area contributed by atoms with Crippen molar-refractivity contribution < 1.29 is 13.2 Å². The van der Waals surface area contributed by atoms with E-state index in [2.05, 4.69) is 20.1 Å². The maximum atomic E-state index is 12.2. The second-order valence-corrected chi connectivity index (χ2v) is 9.30. The van der Waals surface area contributed by atoms with E-state index in [0.717, 1.165) is 43.0 Å². The van der Waals surface area contributed by atoms with Crippen molar-refractivity contribution in [1.82, 2.24) is 14.8 Å². The molecule has 1 unspecified atom stereocenters. The van der Waals surface area contributed by atoms with Crippen LogP contribution in [-0.4, -0.2) is 40.6 Å². The molecule has 4 rings (SSSR count). The van der Waals surface area contributed by atoms with Crippen molar-refractivity contribution in [2.75, 3.05) is 16.8 Å². The topological polar surface area (TPSA) is 93.9 Å². The first-order valence-corrected chi connectivity index (χ1v) is 10.9. The lowest BCUT2D eigenvalue weighted by Gasteiger charge is -2.11. The number of carbonyl (C=O) groups is 1. The van der Waals surface area contributed by atoms with E-state index in [1.54, 1.807) is 0 Å². The van der Waals surface area contributed by atoms with Gasteiger partial charge in [0.2, 0.25) is 5.91 Å². The quantitative estimate of drug-likeness (QED) is 0.887. The first kappa shape index (κ1) is 17.2. The molecule has 0 saturated carbocycles. The Morgan fingerprint density at radius 1 is 1.12 bits per heavy atom. The summed E-state index contributed by atoms with van der Waals surface area (Å²) >= 11 is 0. The number of sulfone groups is 1. The molecule has 1 saturated heterocycles. The van der Waals surface area contributed by atoms with E-state index in [1.165, 1.54) is 6.42 Å². The summed E-state index contributed by atoms with van der Waals surface area (Å²) in [7, 11) is -3.06. The predicted molar refractivity (Wildman–Crippen MR) is 98.4 cm³/mol. The standard InChI is InChI=1S/C18H22N4O3S/c23-18(14-9-11-26(24,25)12-14)19-15-7-5-13(6-8-15)17-21-20-16-4-2-1-3-10-22(16)17/h5-8,14H,1-4,9-12H2,(H,19,23). The van der Waals surface area contributed by atoms with Crippen LogP contribution in [0, 0.1) is 5.92 Å². The Bertz CT molecular complexity index is 918. The molecule has 3 heterocycles. The van der Waals surface area contributed by atoms with Crippen molar-refractivity contribution in [3.63, 3.8) is 0 Å². The molecular weight excluding hydrogens is 352 g/mol. The highest BCUT2D eigenvalue weighted by atomic mass is 32.2. The Labute approximate surface area is 152 Å². The molecule has 138 valence electrons. The van der Waals surface area contributed by atoms with Gasteiger partial charge in [0, 0.05) is 24.2 Å². The number of aromatic nitrogens is 3. The van der Waals surface area contributed by atoms with Gasteiger partial charge in [-0.15, -0.1) is 10.2 Å². The van der Waals surface area contributed by atoms with Gasteiger partial charge in [0.25, 0.3) is 0 Å². The molecule has 1 aromatic carbocycles. The minimum atomic E-state index is -3.06. The maximum absolute atomic E-state index is 12.2. The normalized spacial score (nSPS) is 21.8. The monoisotopic (exact) mass is 374 g/mol. The summed E-state index contributed by atoms with van der Waals surface area (Å²) < 4.78 is 25.2. The number of amides is 1. The number of hydrogen-bond acceptors (Lipinski definition) is 5. The molecule has 0 bridgehead atoms. The number of benzene rings is 1. The average molecular weight is 374 g/mol. The third-order valence-electron chi connectivity index (χ3n) is 5.12. The van der Waals surface area contributed by atoms with Crippen LogP contribution in [0.15, 0.2) is 24.3 Å². The van der Waals surface area contributed by atoms with Gasteiger partial charge in [-0.1, -0.05) is 6.42 Å². The van der Waals surface area contributed by atoms with Crippen molar-refractivity contribution in [3.05, 3.63) is 30.1 Å². The summed E-state index contributed by atoms with van der Waals surface area (Å²) in [4.78, 5) is 12.2. The fraction of sp³-hybridized carbons (Fsp3) is 0.500. The summed E-state index contributed by atoms with van der Waals surface area (Å²) in [5, 5.41) is 11.5. The third-order valence-corrected chi connectivity index (χ3v) is 6.89. The Balaban J connectivity index is 1.48. The van der Waals surface area contributed by atoms with Gasteiger partial charge in [0.1, 0.15) is 5.82 Å². The Hall–Kier alpha value is -2.22. The molecule has 8 heteroatoms. The largest absolute Gasteiger partial charge is 0.326 e. The summed E-state index contributed by atoms with van der Waals surface area (Å²) in [6.45, 7) is 0.937. The zero-order valence-corrected chi connectivity index (χ0v) is 15.3. The second kappa shape index (κ2) is 6.83. The minimum Gasteiger partial charge on any atom is -0.326 e. The number of aryl methyl sites for hydroxylation is 1. The fourth-order valence-electron chi connectivity index (χ4n) is 3.65. The lowest BCUT2D eigenvalue weighted by Crippen LogP contribution is -2.23. The molecule has 0 spiro atoms. The van der Waals surface area contributed by atoms with Gasteiger partial charge in [0.05, 0.1) is 17.4 Å². The van der Waals surface area contributed by atoms with Crippen molar-refractivity contribution in [3.8, 4) is 11.4 Å². The Morgan fingerprint density at radius 3 is 2.65 bits per heavy atom. The van der Waals surface area contributed by atoms with Crippen LogP contribution in [0.2, 0.25) is 0 Å². The second-order valence-electron chi connectivity index (χ2n) is 7.07. The lowest BCUT2D eigenvalue weighted by atomic mass is 10.1.